The highest BCUT2D eigenvalue weighted by molar-refractivity contribution is 7.89. The monoisotopic (exact) mass is 439 g/mol. The van der Waals surface area contributed by atoms with Gasteiger partial charge in [0.05, 0.1) is 15.5 Å². The lowest BCUT2D eigenvalue weighted by Gasteiger charge is -2.30. The minimum atomic E-state index is -3.98. The molecule has 2 aromatic rings. The Morgan fingerprint density at radius 2 is 1.83 bits per heavy atom. The van der Waals surface area contributed by atoms with Crippen LogP contribution in [0, 0.1) is 28.9 Å². The number of carbonyl (C=O) groups is 1. The summed E-state index contributed by atoms with van der Waals surface area (Å²) >= 11 is 5.87. The molecule has 1 fully saturated rings. The molecule has 1 amide bonds. The molecular formula is C19H16ClF2N3O3S. The van der Waals surface area contributed by atoms with Crippen LogP contribution >= 0.6 is 11.6 Å². The van der Waals surface area contributed by atoms with Gasteiger partial charge in [0.1, 0.15) is 6.07 Å². The molecule has 1 aliphatic heterocycles. The first-order valence-electron chi connectivity index (χ1n) is 8.68. The average Bonchev–Trinajstić information content (AvgIpc) is 2.71. The number of carbonyl (C=O) groups excluding carboxylic acids is 1. The van der Waals surface area contributed by atoms with Crippen LogP contribution in [0.25, 0.3) is 0 Å². The van der Waals surface area contributed by atoms with E-state index < -0.39 is 27.6 Å². The van der Waals surface area contributed by atoms with Crippen molar-refractivity contribution in [3.8, 4) is 6.07 Å². The second kappa shape index (κ2) is 8.45. The highest BCUT2D eigenvalue weighted by Gasteiger charge is 2.32. The van der Waals surface area contributed by atoms with Gasteiger partial charge < -0.3 is 5.32 Å². The number of halogens is 3. The maximum atomic E-state index is 13.4. The van der Waals surface area contributed by atoms with E-state index in [1.54, 1.807) is 6.07 Å². The van der Waals surface area contributed by atoms with Gasteiger partial charge in [0.2, 0.25) is 15.9 Å². The SMILES string of the molecule is N#Cc1cc(NC(=O)C2CCN(S(=O)(=O)c3ccc(F)c(F)c3)CC2)ccc1Cl. The lowest BCUT2D eigenvalue weighted by atomic mass is 9.97. The zero-order valence-corrected chi connectivity index (χ0v) is 16.6. The van der Waals surface area contributed by atoms with Gasteiger partial charge in [0.25, 0.3) is 0 Å². The van der Waals surface area contributed by atoms with Crippen LogP contribution in [-0.2, 0) is 14.8 Å². The summed E-state index contributed by atoms with van der Waals surface area (Å²) < 4.78 is 52.8. The lowest BCUT2D eigenvalue weighted by molar-refractivity contribution is -0.120. The number of hydrogen-bond donors (Lipinski definition) is 1. The van der Waals surface area contributed by atoms with Gasteiger partial charge in [-0.3, -0.25) is 4.79 Å². The molecule has 1 N–H and O–H groups in total. The summed E-state index contributed by atoms with van der Waals surface area (Å²) in [6.07, 6.45) is 0.543. The molecule has 10 heteroatoms. The molecule has 29 heavy (non-hydrogen) atoms. The standard InChI is InChI=1S/C19H16ClF2N3O3S/c20-16-3-1-14(9-13(16)11-23)24-19(26)12-5-7-25(8-6-12)29(27,28)15-2-4-17(21)18(22)10-15/h1-4,9-10,12H,5-8H2,(H,24,26). The summed E-state index contributed by atoms with van der Waals surface area (Å²) in [7, 11) is -3.98. The van der Waals surface area contributed by atoms with Gasteiger partial charge in [-0.25, -0.2) is 17.2 Å². The quantitative estimate of drug-likeness (QED) is 0.789. The van der Waals surface area contributed by atoms with Gasteiger partial charge in [0, 0.05) is 24.7 Å². The predicted octanol–water partition coefficient (Wildman–Crippen LogP) is 3.53. The summed E-state index contributed by atoms with van der Waals surface area (Å²) in [4.78, 5) is 12.1. The third kappa shape index (κ3) is 4.56. The number of nitriles is 1. The Kier molecular flexibility index (Phi) is 6.17. The second-order valence-corrected chi connectivity index (χ2v) is 8.90. The Morgan fingerprint density at radius 3 is 2.45 bits per heavy atom. The smallest absolute Gasteiger partial charge is 0.243 e. The molecule has 0 unspecified atom stereocenters. The molecule has 0 saturated carbocycles. The third-order valence-corrected chi connectivity index (χ3v) is 6.93. The molecule has 152 valence electrons. The van der Waals surface area contributed by atoms with Crippen LogP contribution in [0.4, 0.5) is 14.5 Å². The zero-order chi connectivity index (χ0) is 21.2. The van der Waals surface area contributed by atoms with E-state index in [1.165, 1.54) is 12.1 Å². The predicted molar refractivity (Wildman–Crippen MR) is 103 cm³/mol. The van der Waals surface area contributed by atoms with Crippen LogP contribution in [0.3, 0.4) is 0 Å². The van der Waals surface area contributed by atoms with Gasteiger partial charge in [-0.15, -0.1) is 0 Å². The Bertz CT molecular complexity index is 1090. The Labute approximate surface area is 171 Å². The number of nitrogens with zero attached hydrogens (tertiary/aromatic N) is 2. The number of amides is 1. The minimum Gasteiger partial charge on any atom is -0.326 e. The molecular weight excluding hydrogens is 424 g/mol. The number of benzene rings is 2. The molecule has 2 aromatic carbocycles. The van der Waals surface area contributed by atoms with E-state index in [0.717, 1.165) is 16.4 Å². The number of nitrogens with one attached hydrogen (secondary N) is 1. The van der Waals surface area contributed by atoms with Crippen LogP contribution in [-0.4, -0.2) is 31.7 Å². The highest BCUT2D eigenvalue weighted by Crippen LogP contribution is 2.26. The highest BCUT2D eigenvalue weighted by atomic mass is 35.5. The summed E-state index contributed by atoms with van der Waals surface area (Å²) in [5.74, 6) is -3.07. The molecule has 0 bridgehead atoms. The molecule has 3 rings (SSSR count). The summed E-state index contributed by atoms with van der Waals surface area (Å²) in [5, 5.41) is 12.0. The minimum absolute atomic E-state index is 0.0729. The molecule has 1 heterocycles. The van der Waals surface area contributed by atoms with Gasteiger partial charge in [-0.1, -0.05) is 11.6 Å². The van der Waals surface area contributed by atoms with Crippen molar-refractivity contribution < 1.29 is 22.0 Å². The van der Waals surface area contributed by atoms with E-state index in [1.807, 2.05) is 6.07 Å². The number of rotatable bonds is 4. The van der Waals surface area contributed by atoms with Crippen molar-refractivity contribution in [1.29, 1.82) is 5.26 Å². The number of piperidine rings is 1. The summed E-state index contributed by atoms with van der Waals surface area (Å²) in [6, 6.07) is 8.90. The molecule has 6 nitrogen and oxygen atoms in total. The second-order valence-electron chi connectivity index (χ2n) is 6.55. The molecule has 0 atom stereocenters. The fraction of sp³-hybridized carbons (Fsp3) is 0.263. The molecule has 0 radical (unpaired) electrons. The largest absolute Gasteiger partial charge is 0.326 e. The molecule has 0 aromatic heterocycles. The van der Waals surface area contributed by atoms with Crippen molar-refractivity contribution in [1.82, 2.24) is 4.31 Å². The van der Waals surface area contributed by atoms with Crippen LogP contribution in [0.15, 0.2) is 41.3 Å². The van der Waals surface area contributed by atoms with Crippen molar-refractivity contribution in [3.05, 3.63) is 58.6 Å². The van der Waals surface area contributed by atoms with Crippen molar-refractivity contribution in [3.63, 3.8) is 0 Å². The first kappa shape index (κ1) is 21.2. The van der Waals surface area contributed by atoms with Crippen molar-refractivity contribution in [2.75, 3.05) is 18.4 Å². The molecule has 0 aliphatic carbocycles. The summed E-state index contributed by atoms with van der Waals surface area (Å²) in [5.41, 5.74) is 0.657. The van der Waals surface area contributed by atoms with Crippen LogP contribution < -0.4 is 5.32 Å². The van der Waals surface area contributed by atoms with Crippen LogP contribution in [0.1, 0.15) is 18.4 Å². The topological polar surface area (TPSA) is 90.3 Å². The van der Waals surface area contributed by atoms with Crippen molar-refractivity contribution in [2.45, 2.75) is 17.7 Å². The molecule has 1 aliphatic rings. The van der Waals surface area contributed by atoms with Crippen molar-refractivity contribution >= 4 is 33.2 Å². The molecule has 1 saturated heterocycles. The Balaban J connectivity index is 1.64. The van der Waals surface area contributed by atoms with Crippen LogP contribution in [0.2, 0.25) is 5.02 Å². The van der Waals surface area contributed by atoms with E-state index in [0.29, 0.717) is 11.8 Å². The fourth-order valence-corrected chi connectivity index (χ4v) is 4.72. The van der Waals surface area contributed by atoms with Crippen molar-refractivity contribution in [2.24, 2.45) is 5.92 Å². The first-order valence-corrected chi connectivity index (χ1v) is 10.5. The Hall–Kier alpha value is -2.54. The zero-order valence-electron chi connectivity index (χ0n) is 15.0. The summed E-state index contributed by atoms with van der Waals surface area (Å²) in [6.45, 7) is 0.146. The Morgan fingerprint density at radius 1 is 1.14 bits per heavy atom. The van der Waals surface area contributed by atoms with E-state index in [9.17, 15) is 22.0 Å². The van der Waals surface area contributed by atoms with E-state index in [4.69, 9.17) is 16.9 Å². The van der Waals surface area contributed by atoms with Gasteiger partial charge in [-0.05, 0) is 49.2 Å². The van der Waals surface area contributed by atoms with Crippen LogP contribution in [0.5, 0.6) is 0 Å². The normalized spacial score (nSPS) is 15.7. The molecule has 0 spiro atoms. The van der Waals surface area contributed by atoms with E-state index >= 15 is 0 Å². The average molecular weight is 440 g/mol. The fourth-order valence-electron chi connectivity index (χ4n) is 3.08. The third-order valence-electron chi connectivity index (χ3n) is 4.71. The van der Waals surface area contributed by atoms with Gasteiger partial charge >= 0.3 is 0 Å². The number of hydrogen-bond acceptors (Lipinski definition) is 4. The van der Waals surface area contributed by atoms with Gasteiger partial charge in [0.15, 0.2) is 11.6 Å². The lowest BCUT2D eigenvalue weighted by Crippen LogP contribution is -2.41. The number of anilines is 1. The maximum Gasteiger partial charge on any atom is 0.243 e. The maximum absolute atomic E-state index is 13.4. The van der Waals surface area contributed by atoms with E-state index in [-0.39, 0.29) is 47.3 Å². The number of sulfonamides is 1. The van der Waals surface area contributed by atoms with Gasteiger partial charge in [-0.2, -0.15) is 9.57 Å². The first-order chi connectivity index (χ1) is 13.7. The van der Waals surface area contributed by atoms with E-state index in [2.05, 4.69) is 5.32 Å².